The van der Waals surface area contributed by atoms with Crippen molar-refractivity contribution in [3.05, 3.63) is 30.1 Å². The molecule has 7 heteroatoms. The molecule has 7 nitrogen and oxygen atoms in total. The van der Waals surface area contributed by atoms with E-state index in [1.54, 1.807) is 18.5 Å². The minimum Gasteiger partial charge on any atom is -0.479 e. The number of pyridine rings is 1. The minimum atomic E-state index is -1.97. The summed E-state index contributed by atoms with van der Waals surface area (Å²) in [7, 11) is 0. The first-order valence-electron chi connectivity index (χ1n) is 5.78. The number of nitrogens with zero attached hydrogens (tertiary/aromatic N) is 1. The number of urea groups is 1. The van der Waals surface area contributed by atoms with Crippen molar-refractivity contribution in [3.8, 4) is 0 Å². The first-order chi connectivity index (χ1) is 8.92. The highest BCUT2D eigenvalue weighted by atomic mass is 16.4. The summed E-state index contributed by atoms with van der Waals surface area (Å²) < 4.78 is 0. The molecule has 1 aromatic rings. The van der Waals surface area contributed by atoms with Crippen molar-refractivity contribution in [1.82, 2.24) is 15.6 Å². The molecule has 104 valence electrons. The van der Waals surface area contributed by atoms with E-state index in [1.807, 2.05) is 6.07 Å². The van der Waals surface area contributed by atoms with E-state index >= 15 is 0 Å². The number of hydrogen-bond acceptors (Lipinski definition) is 4. The molecule has 4 N–H and O–H groups in total. The van der Waals surface area contributed by atoms with Crippen molar-refractivity contribution < 1.29 is 19.8 Å². The predicted molar refractivity (Wildman–Crippen MR) is 67.6 cm³/mol. The highest BCUT2D eigenvalue weighted by molar-refractivity contribution is 5.79. The number of aromatic nitrogens is 1. The van der Waals surface area contributed by atoms with Crippen LogP contribution in [-0.4, -0.2) is 45.9 Å². The Morgan fingerprint density at radius 2 is 2.16 bits per heavy atom. The lowest BCUT2D eigenvalue weighted by atomic mass is 10.1. The molecule has 1 aromatic heterocycles. The standard InChI is InChI=1S/C12H17N3O4/c1-12(19,10(16)17)8-15-11(18)14-6-4-9-3-2-5-13-7-9/h2-3,5,7,19H,4,6,8H2,1H3,(H,16,17)(H2,14,15,18). The van der Waals surface area contributed by atoms with Gasteiger partial charge in [-0.25, -0.2) is 9.59 Å². The van der Waals surface area contributed by atoms with Gasteiger partial charge in [0.25, 0.3) is 0 Å². The van der Waals surface area contributed by atoms with Crippen LogP contribution in [0.15, 0.2) is 24.5 Å². The number of hydrogen-bond donors (Lipinski definition) is 4. The maximum atomic E-state index is 11.4. The van der Waals surface area contributed by atoms with E-state index < -0.39 is 17.6 Å². The molecule has 1 rings (SSSR count). The van der Waals surface area contributed by atoms with Gasteiger partial charge < -0.3 is 20.8 Å². The normalized spacial score (nSPS) is 13.4. The molecule has 0 fully saturated rings. The fraction of sp³-hybridized carbons (Fsp3) is 0.417. The maximum absolute atomic E-state index is 11.4. The van der Waals surface area contributed by atoms with Crippen molar-refractivity contribution >= 4 is 12.0 Å². The molecule has 0 spiro atoms. The van der Waals surface area contributed by atoms with E-state index in [0.717, 1.165) is 12.5 Å². The smallest absolute Gasteiger partial charge is 0.337 e. The van der Waals surface area contributed by atoms with Crippen LogP contribution in [0.25, 0.3) is 0 Å². The molecule has 0 aliphatic rings. The zero-order chi connectivity index (χ0) is 14.3. The van der Waals surface area contributed by atoms with Crippen LogP contribution < -0.4 is 10.6 Å². The number of nitrogens with one attached hydrogen (secondary N) is 2. The number of carboxylic acids is 1. The third kappa shape index (κ3) is 5.35. The number of amides is 2. The largest absolute Gasteiger partial charge is 0.479 e. The molecule has 0 aromatic carbocycles. The van der Waals surface area contributed by atoms with Crippen LogP contribution >= 0.6 is 0 Å². The molecular formula is C12H17N3O4. The van der Waals surface area contributed by atoms with Gasteiger partial charge in [0.15, 0.2) is 5.60 Å². The lowest BCUT2D eigenvalue weighted by molar-refractivity contribution is -0.155. The Kier molecular flexibility index (Phi) is 5.25. The van der Waals surface area contributed by atoms with Gasteiger partial charge in [0.2, 0.25) is 0 Å². The quantitative estimate of drug-likeness (QED) is 0.568. The van der Waals surface area contributed by atoms with Gasteiger partial charge in [-0.15, -0.1) is 0 Å². The van der Waals surface area contributed by atoms with Crippen molar-refractivity contribution in [2.75, 3.05) is 13.1 Å². The van der Waals surface area contributed by atoms with E-state index in [9.17, 15) is 14.7 Å². The van der Waals surface area contributed by atoms with Gasteiger partial charge in [-0.3, -0.25) is 4.98 Å². The van der Waals surface area contributed by atoms with E-state index in [1.165, 1.54) is 0 Å². The number of carbonyl (C=O) groups excluding carboxylic acids is 1. The first kappa shape index (κ1) is 14.9. The molecule has 1 unspecified atom stereocenters. The number of carbonyl (C=O) groups is 2. The van der Waals surface area contributed by atoms with Crippen molar-refractivity contribution in [1.29, 1.82) is 0 Å². The Hall–Kier alpha value is -2.15. The van der Waals surface area contributed by atoms with Crippen LogP contribution in [0.5, 0.6) is 0 Å². The van der Waals surface area contributed by atoms with Crippen molar-refractivity contribution in [2.24, 2.45) is 0 Å². The van der Waals surface area contributed by atoms with Gasteiger partial charge in [-0.1, -0.05) is 6.07 Å². The fourth-order valence-corrected chi connectivity index (χ4v) is 1.26. The number of aliphatic carboxylic acids is 1. The Morgan fingerprint density at radius 1 is 1.42 bits per heavy atom. The Labute approximate surface area is 110 Å². The number of aliphatic hydroxyl groups is 1. The Balaban J connectivity index is 2.24. The van der Waals surface area contributed by atoms with Crippen LogP contribution in [0, 0.1) is 0 Å². The molecular weight excluding hydrogens is 250 g/mol. The average Bonchev–Trinajstić information content (AvgIpc) is 2.37. The summed E-state index contributed by atoms with van der Waals surface area (Å²) in [4.78, 5) is 25.9. The molecule has 0 saturated heterocycles. The number of rotatable bonds is 6. The van der Waals surface area contributed by atoms with Gasteiger partial charge in [-0.2, -0.15) is 0 Å². The maximum Gasteiger partial charge on any atom is 0.337 e. The molecule has 0 radical (unpaired) electrons. The molecule has 19 heavy (non-hydrogen) atoms. The summed E-state index contributed by atoms with van der Waals surface area (Å²) in [5.74, 6) is -1.39. The molecule has 0 bridgehead atoms. The summed E-state index contributed by atoms with van der Waals surface area (Å²) in [5.41, 5.74) is -0.985. The van der Waals surface area contributed by atoms with Crippen LogP contribution in [0.1, 0.15) is 12.5 Å². The highest BCUT2D eigenvalue weighted by Gasteiger charge is 2.30. The Morgan fingerprint density at radius 3 is 2.74 bits per heavy atom. The van der Waals surface area contributed by atoms with Crippen LogP contribution in [0.3, 0.4) is 0 Å². The monoisotopic (exact) mass is 267 g/mol. The van der Waals surface area contributed by atoms with E-state index in [-0.39, 0.29) is 6.54 Å². The third-order valence-electron chi connectivity index (χ3n) is 2.48. The van der Waals surface area contributed by atoms with Gasteiger partial charge in [0, 0.05) is 18.9 Å². The van der Waals surface area contributed by atoms with Crippen LogP contribution in [0.4, 0.5) is 4.79 Å². The molecule has 0 saturated carbocycles. The number of carboxylic acid groups (broad SMARTS) is 1. The van der Waals surface area contributed by atoms with Gasteiger partial charge in [0.1, 0.15) is 0 Å². The van der Waals surface area contributed by atoms with Crippen LogP contribution in [0.2, 0.25) is 0 Å². The van der Waals surface area contributed by atoms with E-state index in [0.29, 0.717) is 13.0 Å². The van der Waals surface area contributed by atoms with E-state index in [2.05, 4.69) is 15.6 Å². The van der Waals surface area contributed by atoms with Gasteiger partial charge >= 0.3 is 12.0 Å². The second kappa shape index (κ2) is 6.69. The predicted octanol–water partition coefficient (Wildman–Crippen LogP) is -0.241. The first-order valence-corrected chi connectivity index (χ1v) is 5.78. The summed E-state index contributed by atoms with van der Waals surface area (Å²) in [6, 6.07) is 3.17. The topological polar surface area (TPSA) is 112 Å². The lowest BCUT2D eigenvalue weighted by Gasteiger charge is -2.18. The molecule has 2 amide bonds. The van der Waals surface area contributed by atoms with Crippen molar-refractivity contribution in [2.45, 2.75) is 18.9 Å². The summed E-state index contributed by atoms with van der Waals surface area (Å²) in [5, 5.41) is 22.9. The average molecular weight is 267 g/mol. The molecule has 1 atom stereocenters. The molecule has 1 heterocycles. The van der Waals surface area contributed by atoms with Crippen molar-refractivity contribution in [3.63, 3.8) is 0 Å². The summed E-state index contributed by atoms with van der Waals surface area (Å²) in [6.45, 7) is 1.15. The Bertz CT molecular complexity index is 434. The summed E-state index contributed by atoms with van der Waals surface area (Å²) >= 11 is 0. The highest BCUT2D eigenvalue weighted by Crippen LogP contribution is 2.00. The SMILES string of the molecule is CC(O)(CNC(=O)NCCc1cccnc1)C(=O)O. The third-order valence-corrected chi connectivity index (χ3v) is 2.48. The zero-order valence-corrected chi connectivity index (χ0v) is 10.6. The molecule has 0 aliphatic carbocycles. The van der Waals surface area contributed by atoms with Crippen LogP contribution in [-0.2, 0) is 11.2 Å². The second-order valence-corrected chi connectivity index (χ2v) is 4.30. The second-order valence-electron chi connectivity index (χ2n) is 4.30. The zero-order valence-electron chi connectivity index (χ0n) is 10.6. The van der Waals surface area contributed by atoms with E-state index in [4.69, 9.17) is 5.11 Å². The fourth-order valence-electron chi connectivity index (χ4n) is 1.26. The summed E-state index contributed by atoms with van der Waals surface area (Å²) in [6.07, 6.45) is 3.99. The lowest BCUT2D eigenvalue weighted by Crippen LogP contribution is -2.49. The molecule has 0 aliphatic heterocycles. The van der Waals surface area contributed by atoms with Gasteiger partial charge in [-0.05, 0) is 25.0 Å². The minimum absolute atomic E-state index is 0.360. The van der Waals surface area contributed by atoms with Gasteiger partial charge in [0.05, 0.1) is 6.54 Å².